The van der Waals surface area contributed by atoms with Gasteiger partial charge in [-0.25, -0.2) is 13.4 Å². The number of oxazole rings is 1. The van der Waals surface area contributed by atoms with E-state index in [4.69, 9.17) is 16.0 Å². The molecule has 0 saturated carbocycles. The Labute approximate surface area is 153 Å². The SMILES string of the molecule is Cc1[nH]n(C)c(=O)c1C(=O)c1ccc(S(C)(=O)=O)c(-c2cnco2)c1Cl. The van der Waals surface area contributed by atoms with Crippen molar-refractivity contribution in [1.82, 2.24) is 14.8 Å². The molecule has 0 saturated heterocycles. The van der Waals surface area contributed by atoms with Crippen molar-refractivity contribution in [2.45, 2.75) is 11.8 Å². The van der Waals surface area contributed by atoms with E-state index in [1.165, 1.54) is 30.1 Å². The number of nitrogens with one attached hydrogen (secondary N) is 1. The number of benzene rings is 1. The summed E-state index contributed by atoms with van der Waals surface area (Å²) in [7, 11) is -2.17. The average molecular weight is 396 g/mol. The van der Waals surface area contributed by atoms with Crippen molar-refractivity contribution in [2.24, 2.45) is 7.05 Å². The molecule has 2 aromatic heterocycles. The second-order valence-electron chi connectivity index (χ2n) is 5.74. The highest BCUT2D eigenvalue weighted by Crippen LogP contribution is 2.37. The second-order valence-corrected chi connectivity index (χ2v) is 8.11. The highest BCUT2D eigenvalue weighted by atomic mass is 35.5. The highest BCUT2D eigenvalue weighted by molar-refractivity contribution is 7.90. The van der Waals surface area contributed by atoms with E-state index in [1.54, 1.807) is 6.92 Å². The molecule has 0 fully saturated rings. The molecular weight excluding hydrogens is 382 g/mol. The first-order valence-corrected chi connectivity index (χ1v) is 9.61. The lowest BCUT2D eigenvalue weighted by molar-refractivity contribution is 0.103. The van der Waals surface area contributed by atoms with E-state index in [0.717, 1.165) is 12.6 Å². The normalized spacial score (nSPS) is 11.7. The Morgan fingerprint density at radius 1 is 1.35 bits per heavy atom. The largest absolute Gasteiger partial charge is 0.443 e. The fraction of sp³-hybridized carbons (Fsp3) is 0.188. The van der Waals surface area contributed by atoms with Gasteiger partial charge in [-0.05, 0) is 19.1 Å². The Morgan fingerprint density at radius 3 is 2.54 bits per heavy atom. The minimum absolute atomic E-state index is 0.00901. The van der Waals surface area contributed by atoms with E-state index >= 15 is 0 Å². The Hall–Kier alpha value is -2.65. The number of carbonyl (C=O) groups is 1. The topological polar surface area (TPSA) is 115 Å². The van der Waals surface area contributed by atoms with Crippen LogP contribution in [-0.4, -0.2) is 35.2 Å². The van der Waals surface area contributed by atoms with E-state index in [0.29, 0.717) is 5.69 Å². The minimum atomic E-state index is -3.66. The van der Waals surface area contributed by atoms with Gasteiger partial charge in [0, 0.05) is 24.6 Å². The van der Waals surface area contributed by atoms with Gasteiger partial charge in [-0.3, -0.25) is 19.4 Å². The minimum Gasteiger partial charge on any atom is -0.443 e. The van der Waals surface area contributed by atoms with Gasteiger partial charge in [0.15, 0.2) is 22.0 Å². The van der Waals surface area contributed by atoms with Crippen LogP contribution in [0.4, 0.5) is 0 Å². The molecule has 10 heteroatoms. The molecule has 3 rings (SSSR count). The van der Waals surface area contributed by atoms with Crippen LogP contribution >= 0.6 is 11.6 Å². The quantitative estimate of drug-likeness (QED) is 0.675. The van der Waals surface area contributed by atoms with Crippen molar-refractivity contribution in [2.75, 3.05) is 6.26 Å². The van der Waals surface area contributed by atoms with Gasteiger partial charge in [-0.1, -0.05) is 11.6 Å². The number of ketones is 1. The van der Waals surface area contributed by atoms with Crippen LogP contribution in [0.2, 0.25) is 5.02 Å². The third-order valence-corrected chi connectivity index (χ3v) is 5.41. The standard InChI is InChI=1S/C16H14ClN3O5S/c1-8-12(16(22)20(2)19-8)15(21)9-4-5-11(26(3,23)24)13(14(9)17)10-6-18-7-25-10/h4-7,19H,1-3H3. The summed E-state index contributed by atoms with van der Waals surface area (Å²) in [6.07, 6.45) is 3.44. The number of aryl methyl sites for hydroxylation is 2. The Kier molecular flexibility index (Phi) is 4.37. The number of aromatic amines is 1. The third kappa shape index (κ3) is 2.89. The van der Waals surface area contributed by atoms with E-state index < -0.39 is 21.2 Å². The number of carbonyl (C=O) groups excluding carboxylic acids is 1. The van der Waals surface area contributed by atoms with Gasteiger partial charge in [0.05, 0.1) is 21.7 Å². The van der Waals surface area contributed by atoms with Crippen LogP contribution in [-0.2, 0) is 16.9 Å². The van der Waals surface area contributed by atoms with Gasteiger partial charge in [0.2, 0.25) is 5.78 Å². The lowest BCUT2D eigenvalue weighted by Gasteiger charge is -2.11. The monoisotopic (exact) mass is 395 g/mol. The van der Waals surface area contributed by atoms with Crippen LogP contribution in [0.25, 0.3) is 11.3 Å². The second kappa shape index (κ2) is 6.26. The summed E-state index contributed by atoms with van der Waals surface area (Å²) >= 11 is 6.38. The molecule has 0 unspecified atom stereocenters. The van der Waals surface area contributed by atoms with Crippen molar-refractivity contribution in [3.05, 3.63) is 56.9 Å². The summed E-state index contributed by atoms with van der Waals surface area (Å²) in [5.41, 5.74) is -0.165. The van der Waals surface area contributed by atoms with Crippen molar-refractivity contribution >= 4 is 27.2 Å². The highest BCUT2D eigenvalue weighted by Gasteiger charge is 2.27. The molecule has 26 heavy (non-hydrogen) atoms. The predicted octanol–water partition coefficient (Wildman–Crippen LogP) is 1.96. The first-order chi connectivity index (χ1) is 12.1. The molecule has 0 aliphatic carbocycles. The molecule has 0 radical (unpaired) electrons. The molecule has 1 N–H and O–H groups in total. The number of sulfone groups is 1. The predicted molar refractivity (Wildman–Crippen MR) is 94.3 cm³/mol. The van der Waals surface area contributed by atoms with Crippen LogP contribution in [0, 0.1) is 6.92 Å². The van der Waals surface area contributed by atoms with Crippen molar-refractivity contribution < 1.29 is 17.6 Å². The maximum Gasteiger partial charge on any atom is 0.277 e. The Balaban J connectivity index is 2.30. The zero-order valence-electron chi connectivity index (χ0n) is 14.0. The number of aromatic nitrogens is 3. The summed E-state index contributed by atoms with van der Waals surface area (Å²) < 4.78 is 30.6. The van der Waals surface area contributed by atoms with E-state index in [1.807, 2.05) is 0 Å². The Bertz CT molecular complexity index is 1170. The van der Waals surface area contributed by atoms with Gasteiger partial charge in [-0.15, -0.1) is 0 Å². The number of hydrogen-bond donors (Lipinski definition) is 1. The Morgan fingerprint density at radius 2 is 2.04 bits per heavy atom. The van der Waals surface area contributed by atoms with Crippen molar-refractivity contribution in [3.63, 3.8) is 0 Å². The number of halogens is 1. The molecule has 0 aliphatic rings. The molecule has 0 bridgehead atoms. The fourth-order valence-corrected chi connectivity index (χ4v) is 3.99. The zero-order chi connectivity index (χ0) is 19.2. The maximum atomic E-state index is 12.9. The van der Waals surface area contributed by atoms with Crippen LogP contribution in [0.5, 0.6) is 0 Å². The smallest absolute Gasteiger partial charge is 0.277 e. The molecule has 0 aliphatic heterocycles. The first kappa shape index (κ1) is 18.2. The van der Waals surface area contributed by atoms with E-state index in [-0.39, 0.29) is 32.4 Å². The number of nitrogens with zero attached hydrogens (tertiary/aromatic N) is 2. The summed E-state index contributed by atoms with van der Waals surface area (Å²) in [5, 5.41) is 2.61. The lowest BCUT2D eigenvalue weighted by atomic mass is 10.0. The third-order valence-electron chi connectivity index (χ3n) is 3.88. The molecular formula is C16H14ClN3O5S. The van der Waals surface area contributed by atoms with E-state index in [9.17, 15) is 18.0 Å². The van der Waals surface area contributed by atoms with Crippen LogP contribution in [0.3, 0.4) is 0 Å². The molecule has 0 amide bonds. The molecule has 8 nitrogen and oxygen atoms in total. The molecule has 0 spiro atoms. The molecule has 3 aromatic rings. The maximum absolute atomic E-state index is 12.9. The summed E-state index contributed by atoms with van der Waals surface area (Å²) in [5.74, 6) is -0.515. The van der Waals surface area contributed by atoms with Gasteiger partial charge in [0.1, 0.15) is 5.56 Å². The number of H-pyrrole nitrogens is 1. The lowest BCUT2D eigenvalue weighted by Crippen LogP contribution is -2.20. The van der Waals surface area contributed by atoms with Crippen molar-refractivity contribution in [3.8, 4) is 11.3 Å². The first-order valence-electron chi connectivity index (χ1n) is 7.34. The van der Waals surface area contributed by atoms with Gasteiger partial charge in [-0.2, -0.15) is 0 Å². The van der Waals surface area contributed by atoms with Crippen LogP contribution < -0.4 is 5.56 Å². The van der Waals surface area contributed by atoms with E-state index in [2.05, 4.69) is 10.1 Å². The van der Waals surface area contributed by atoms with Gasteiger partial charge < -0.3 is 4.42 Å². The average Bonchev–Trinajstić information content (AvgIpc) is 3.14. The molecule has 0 atom stereocenters. The molecule has 2 heterocycles. The zero-order valence-corrected chi connectivity index (χ0v) is 15.6. The summed E-state index contributed by atoms with van der Waals surface area (Å²) in [6, 6.07) is 2.55. The fourth-order valence-electron chi connectivity index (χ4n) is 2.70. The molecule has 136 valence electrons. The summed E-state index contributed by atoms with van der Waals surface area (Å²) in [6.45, 7) is 1.59. The van der Waals surface area contributed by atoms with Crippen LogP contribution in [0.1, 0.15) is 21.6 Å². The van der Waals surface area contributed by atoms with Gasteiger partial charge in [0.25, 0.3) is 5.56 Å². The number of hydrogen-bond acceptors (Lipinski definition) is 6. The van der Waals surface area contributed by atoms with Crippen molar-refractivity contribution in [1.29, 1.82) is 0 Å². The number of rotatable bonds is 4. The molecule has 1 aromatic carbocycles. The van der Waals surface area contributed by atoms with Gasteiger partial charge >= 0.3 is 0 Å². The van der Waals surface area contributed by atoms with Crippen LogP contribution in [0.15, 0.2) is 38.8 Å². The summed E-state index contributed by atoms with van der Waals surface area (Å²) in [4.78, 5) is 28.8.